The first-order valence-corrected chi connectivity index (χ1v) is 14.6. The van der Waals surface area contributed by atoms with Crippen molar-refractivity contribution in [1.29, 1.82) is 0 Å². The second kappa shape index (κ2) is 13.7. The highest BCUT2D eigenvalue weighted by molar-refractivity contribution is 6.00. The maximum Gasteiger partial charge on any atom is 0.323 e. The number of piperazine rings is 1. The average Bonchev–Trinajstić information content (AvgIpc) is 3.03. The summed E-state index contributed by atoms with van der Waals surface area (Å²) in [6.45, 7) is 8.44. The Balaban J connectivity index is 1.25. The predicted molar refractivity (Wildman–Crippen MR) is 169 cm³/mol. The number of nitrogens with two attached hydrogens (primary N) is 1. The van der Waals surface area contributed by atoms with Crippen molar-refractivity contribution in [2.24, 2.45) is 0 Å². The molecule has 3 heterocycles. The lowest BCUT2D eigenvalue weighted by Gasteiger charge is -2.32. The number of morpholine rings is 1. The van der Waals surface area contributed by atoms with Gasteiger partial charge < -0.3 is 35.8 Å². The molecule has 3 amide bonds. The van der Waals surface area contributed by atoms with Crippen LogP contribution in [0, 0.1) is 0 Å². The Morgan fingerprint density at radius 3 is 2.09 bits per heavy atom. The molecule has 0 bridgehead atoms. The summed E-state index contributed by atoms with van der Waals surface area (Å²) in [5.74, 6) is 1.82. The Morgan fingerprint density at radius 2 is 1.51 bits per heavy atom. The molecule has 1 aromatic heterocycles. The normalized spacial score (nSPS) is 15.7. The molecule has 2 fully saturated rings. The van der Waals surface area contributed by atoms with Crippen LogP contribution < -0.4 is 31.7 Å². The summed E-state index contributed by atoms with van der Waals surface area (Å²) < 4.78 is 5.51. The van der Waals surface area contributed by atoms with Crippen LogP contribution in [-0.4, -0.2) is 105 Å². The number of ether oxygens (including phenoxy) is 1. The molecule has 0 aliphatic carbocycles. The van der Waals surface area contributed by atoms with E-state index in [1.165, 1.54) is 0 Å². The Labute approximate surface area is 252 Å². The third-order valence-corrected chi connectivity index (χ3v) is 7.64. The van der Waals surface area contributed by atoms with Crippen LogP contribution in [0.5, 0.6) is 0 Å². The van der Waals surface area contributed by atoms with Crippen LogP contribution >= 0.6 is 0 Å². The minimum absolute atomic E-state index is 0.00631. The standard InChI is InChI=1S/C30H40N10O3/c1-4-40(32-2)28-25(31)27(38-17-19-43-20-18-38)35-26(36-28)21-5-9-23(10-6-21)33-30(42)34-24-11-7-22(8-12-24)29(41)39-15-13-37(3)14-16-39/h5-12,32H,4,13-20,31H2,1-3H3,(H2,33,34,42). The number of hydrogen-bond donors (Lipinski definition) is 4. The number of rotatable bonds is 8. The molecule has 5 N–H and O–H groups in total. The zero-order valence-electron chi connectivity index (χ0n) is 25.0. The molecule has 2 saturated heterocycles. The highest BCUT2D eigenvalue weighted by Crippen LogP contribution is 2.33. The van der Waals surface area contributed by atoms with E-state index in [9.17, 15) is 9.59 Å². The van der Waals surface area contributed by atoms with E-state index in [2.05, 4.69) is 32.9 Å². The van der Waals surface area contributed by atoms with Gasteiger partial charge in [-0.1, -0.05) is 0 Å². The summed E-state index contributed by atoms with van der Waals surface area (Å²) in [6, 6.07) is 13.9. The molecule has 0 unspecified atom stereocenters. The molecule has 2 aliphatic rings. The van der Waals surface area contributed by atoms with Crippen molar-refractivity contribution in [2.45, 2.75) is 6.92 Å². The molecule has 0 radical (unpaired) electrons. The number of hydrazine groups is 1. The quantitative estimate of drug-likeness (QED) is 0.290. The summed E-state index contributed by atoms with van der Waals surface area (Å²) >= 11 is 0. The number of carbonyl (C=O) groups excluding carboxylic acids is 2. The van der Waals surface area contributed by atoms with E-state index in [1.54, 1.807) is 36.4 Å². The summed E-state index contributed by atoms with van der Waals surface area (Å²) in [4.78, 5) is 41.3. The molecule has 0 atom stereocenters. The lowest BCUT2D eigenvalue weighted by Crippen LogP contribution is -2.47. The van der Waals surface area contributed by atoms with Gasteiger partial charge in [0.2, 0.25) is 0 Å². The summed E-state index contributed by atoms with van der Waals surface area (Å²) in [5, 5.41) is 7.55. The van der Waals surface area contributed by atoms with Gasteiger partial charge in [0, 0.05) is 75.4 Å². The molecular weight excluding hydrogens is 548 g/mol. The lowest BCUT2D eigenvalue weighted by molar-refractivity contribution is 0.0664. The first kappa shape index (κ1) is 30.0. The first-order chi connectivity index (χ1) is 20.9. The molecule has 0 spiro atoms. The number of benzene rings is 2. The van der Waals surface area contributed by atoms with Gasteiger partial charge >= 0.3 is 6.03 Å². The molecule has 0 saturated carbocycles. The molecule has 2 aliphatic heterocycles. The van der Waals surface area contributed by atoms with Gasteiger partial charge in [-0.15, -0.1) is 0 Å². The van der Waals surface area contributed by atoms with Gasteiger partial charge in [0.1, 0.15) is 5.69 Å². The highest BCUT2D eigenvalue weighted by Gasteiger charge is 2.23. The van der Waals surface area contributed by atoms with Crippen LogP contribution in [0.4, 0.5) is 33.5 Å². The number of nitrogens with one attached hydrogen (secondary N) is 3. The average molecular weight is 589 g/mol. The number of anilines is 5. The zero-order chi connectivity index (χ0) is 30.3. The van der Waals surface area contributed by atoms with Gasteiger partial charge in [-0.2, -0.15) is 0 Å². The van der Waals surface area contributed by atoms with Crippen LogP contribution in [-0.2, 0) is 4.74 Å². The maximum absolute atomic E-state index is 12.8. The fourth-order valence-electron chi connectivity index (χ4n) is 5.10. The van der Waals surface area contributed by atoms with Gasteiger partial charge in [-0.25, -0.2) is 20.2 Å². The molecule has 13 nitrogen and oxygen atoms in total. The monoisotopic (exact) mass is 588 g/mol. The van der Waals surface area contributed by atoms with Crippen molar-refractivity contribution in [1.82, 2.24) is 25.2 Å². The number of nitrogen functional groups attached to an aromatic ring is 1. The third kappa shape index (κ3) is 7.13. The van der Waals surface area contributed by atoms with Gasteiger partial charge in [0.25, 0.3) is 5.91 Å². The van der Waals surface area contributed by atoms with E-state index in [0.29, 0.717) is 86.0 Å². The fourth-order valence-corrected chi connectivity index (χ4v) is 5.10. The Bertz CT molecular complexity index is 1400. The van der Waals surface area contributed by atoms with Crippen LogP contribution in [0.3, 0.4) is 0 Å². The number of hydrogen-bond acceptors (Lipinski definition) is 10. The number of carbonyl (C=O) groups is 2. The molecule has 13 heteroatoms. The van der Waals surface area contributed by atoms with Crippen LogP contribution in [0.15, 0.2) is 48.5 Å². The van der Waals surface area contributed by atoms with E-state index >= 15 is 0 Å². The number of likely N-dealkylation sites (N-methyl/N-ethyl adjacent to an activating group) is 1. The lowest BCUT2D eigenvalue weighted by atomic mass is 10.1. The molecule has 43 heavy (non-hydrogen) atoms. The second-order valence-corrected chi connectivity index (χ2v) is 10.5. The smallest absolute Gasteiger partial charge is 0.323 e. The molecule has 5 rings (SSSR count). The fraction of sp³-hybridized carbons (Fsp3) is 0.400. The summed E-state index contributed by atoms with van der Waals surface area (Å²) in [7, 11) is 3.88. The molecular formula is C30H40N10O3. The molecule has 228 valence electrons. The van der Waals surface area contributed by atoms with Crippen LogP contribution in [0.2, 0.25) is 0 Å². The van der Waals surface area contributed by atoms with E-state index in [0.717, 1.165) is 18.7 Å². The van der Waals surface area contributed by atoms with E-state index in [4.69, 9.17) is 20.4 Å². The number of urea groups is 1. The third-order valence-electron chi connectivity index (χ3n) is 7.64. The number of nitrogens with zero attached hydrogens (tertiary/aromatic N) is 6. The largest absolute Gasteiger partial charge is 0.393 e. The zero-order valence-corrected chi connectivity index (χ0v) is 25.0. The maximum atomic E-state index is 12.8. The Kier molecular flexibility index (Phi) is 9.55. The van der Waals surface area contributed by atoms with Crippen LogP contribution in [0.1, 0.15) is 17.3 Å². The van der Waals surface area contributed by atoms with E-state index < -0.39 is 0 Å². The van der Waals surface area contributed by atoms with Crippen molar-refractivity contribution >= 4 is 40.6 Å². The first-order valence-electron chi connectivity index (χ1n) is 14.6. The minimum atomic E-state index is -0.390. The van der Waals surface area contributed by atoms with Crippen molar-refractivity contribution in [3.8, 4) is 11.4 Å². The highest BCUT2D eigenvalue weighted by atomic mass is 16.5. The number of aromatic nitrogens is 2. The SMILES string of the molecule is CCN(NC)c1nc(-c2ccc(NC(=O)Nc3ccc(C(=O)N4CCN(C)CC4)cc3)cc2)nc(N2CCOCC2)c1N. The predicted octanol–water partition coefficient (Wildman–Crippen LogP) is 2.55. The van der Waals surface area contributed by atoms with E-state index in [-0.39, 0.29) is 11.9 Å². The number of amides is 3. The topological polar surface area (TPSA) is 144 Å². The van der Waals surface area contributed by atoms with Gasteiger partial charge in [-0.05, 0) is 62.5 Å². The molecule has 3 aromatic rings. The van der Waals surface area contributed by atoms with Crippen molar-refractivity contribution < 1.29 is 14.3 Å². The van der Waals surface area contributed by atoms with Gasteiger partial charge in [-0.3, -0.25) is 9.80 Å². The molecule has 2 aromatic carbocycles. The van der Waals surface area contributed by atoms with Crippen molar-refractivity contribution in [3.05, 3.63) is 54.1 Å². The van der Waals surface area contributed by atoms with Crippen LogP contribution in [0.25, 0.3) is 11.4 Å². The van der Waals surface area contributed by atoms with E-state index in [1.807, 2.05) is 36.0 Å². The Hall–Kier alpha value is -4.46. The second-order valence-electron chi connectivity index (χ2n) is 10.5. The van der Waals surface area contributed by atoms with Gasteiger partial charge in [0.15, 0.2) is 17.5 Å². The van der Waals surface area contributed by atoms with Crippen molar-refractivity contribution in [2.75, 3.05) is 99.4 Å². The van der Waals surface area contributed by atoms with Gasteiger partial charge in [0.05, 0.1) is 13.2 Å². The van der Waals surface area contributed by atoms with Crippen molar-refractivity contribution in [3.63, 3.8) is 0 Å². The minimum Gasteiger partial charge on any atom is -0.393 e. The summed E-state index contributed by atoms with van der Waals surface area (Å²) in [5.41, 5.74) is 12.8. The Morgan fingerprint density at radius 1 is 0.907 bits per heavy atom. The summed E-state index contributed by atoms with van der Waals surface area (Å²) in [6.07, 6.45) is 0.